The summed E-state index contributed by atoms with van der Waals surface area (Å²) in [5.41, 5.74) is 1.88. The number of unbranched alkanes of at least 4 members (excludes halogenated alkanes) is 1. The number of amides is 1. The Morgan fingerprint density at radius 3 is 2.28 bits per heavy atom. The summed E-state index contributed by atoms with van der Waals surface area (Å²) >= 11 is 0. The van der Waals surface area contributed by atoms with Crippen molar-refractivity contribution >= 4 is 27.6 Å². The topological polar surface area (TPSA) is 102 Å². The second-order valence-corrected chi connectivity index (χ2v) is 8.34. The van der Waals surface area contributed by atoms with Gasteiger partial charge in [0.1, 0.15) is 0 Å². The summed E-state index contributed by atoms with van der Waals surface area (Å²) in [5, 5.41) is 2.67. The fourth-order valence-electron chi connectivity index (χ4n) is 2.41. The van der Waals surface area contributed by atoms with E-state index >= 15 is 0 Å². The van der Waals surface area contributed by atoms with Crippen LogP contribution < -0.4 is 10.0 Å². The largest absolute Gasteiger partial charge is 0.462 e. The maximum atomic E-state index is 12.2. The number of rotatable bonds is 10. The van der Waals surface area contributed by atoms with Crippen molar-refractivity contribution in [3.05, 3.63) is 59.7 Å². The van der Waals surface area contributed by atoms with E-state index in [1.807, 2.05) is 13.8 Å². The van der Waals surface area contributed by atoms with Crippen molar-refractivity contribution in [2.45, 2.75) is 38.0 Å². The molecule has 8 heteroatoms. The lowest BCUT2D eigenvalue weighted by Crippen LogP contribution is -2.27. The van der Waals surface area contributed by atoms with Crippen molar-refractivity contribution in [3.63, 3.8) is 0 Å². The monoisotopic (exact) mass is 418 g/mol. The molecule has 2 N–H and O–H groups in total. The maximum Gasteiger partial charge on any atom is 0.338 e. The molecule has 2 aromatic carbocycles. The molecule has 0 aliphatic rings. The fourth-order valence-corrected chi connectivity index (χ4v) is 3.44. The molecule has 0 saturated heterocycles. The molecule has 2 rings (SSSR count). The molecule has 1 amide bonds. The molecule has 0 aliphatic carbocycles. The molecular formula is C21H26N2O5S. The predicted molar refractivity (Wildman–Crippen MR) is 111 cm³/mol. The Morgan fingerprint density at radius 2 is 1.66 bits per heavy atom. The third-order valence-electron chi connectivity index (χ3n) is 4.11. The SMILES string of the molecule is CCCCOC(=O)c1ccc(NC(=O)CCNS(=O)(=O)c2ccc(C)cc2)cc1. The minimum absolute atomic E-state index is 0.0219. The molecule has 0 atom stereocenters. The molecule has 156 valence electrons. The lowest BCUT2D eigenvalue weighted by molar-refractivity contribution is -0.116. The van der Waals surface area contributed by atoms with Crippen LogP contribution in [0.1, 0.15) is 42.1 Å². The number of hydrogen-bond acceptors (Lipinski definition) is 5. The van der Waals surface area contributed by atoms with E-state index in [9.17, 15) is 18.0 Å². The molecule has 0 spiro atoms. The van der Waals surface area contributed by atoms with Crippen molar-refractivity contribution in [1.29, 1.82) is 0 Å². The van der Waals surface area contributed by atoms with E-state index in [1.165, 1.54) is 12.1 Å². The van der Waals surface area contributed by atoms with Crippen molar-refractivity contribution in [3.8, 4) is 0 Å². The molecule has 0 heterocycles. The van der Waals surface area contributed by atoms with Gasteiger partial charge in [0.15, 0.2) is 0 Å². The van der Waals surface area contributed by atoms with Crippen LogP contribution >= 0.6 is 0 Å². The average molecular weight is 419 g/mol. The molecule has 0 bridgehead atoms. The van der Waals surface area contributed by atoms with Gasteiger partial charge in [0.25, 0.3) is 0 Å². The Bertz CT molecular complexity index is 923. The van der Waals surface area contributed by atoms with Crippen molar-refractivity contribution in [2.24, 2.45) is 0 Å². The second kappa shape index (κ2) is 10.7. The third-order valence-corrected chi connectivity index (χ3v) is 5.59. The number of anilines is 1. The van der Waals surface area contributed by atoms with Crippen molar-refractivity contribution in [1.82, 2.24) is 4.72 Å². The average Bonchev–Trinajstić information content (AvgIpc) is 2.69. The lowest BCUT2D eigenvalue weighted by atomic mass is 10.2. The summed E-state index contributed by atoms with van der Waals surface area (Å²) in [7, 11) is -3.65. The van der Waals surface area contributed by atoms with Gasteiger partial charge in [-0.25, -0.2) is 17.9 Å². The molecule has 0 aromatic heterocycles. The van der Waals surface area contributed by atoms with Crippen LogP contribution in [0.25, 0.3) is 0 Å². The lowest BCUT2D eigenvalue weighted by Gasteiger charge is -2.09. The number of carbonyl (C=O) groups excluding carboxylic acids is 2. The van der Waals surface area contributed by atoms with Crippen LogP contribution in [-0.2, 0) is 19.6 Å². The predicted octanol–water partition coefficient (Wildman–Crippen LogP) is 3.26. The molecule has 2 aromatic rings. The summed E-state index contributed by atoms with van der Waals surface area (Å²) in [5.74, 6) is -0.739. The van der Waals surface area contributed by atoms with E-state index in [-0.39, 0.29) is 23.8 Å². The van der Waals surface area contributed by atoms with E-state index < -0.39 is 16.0 Å². The molecule has 0 radical (unpaired) electrons. The van der Waals surface area contributed by atoms with Gasteiger partial charge in [-0.2, -0.15) is 0 Å². The highest BCUT2D eigenvalue weighted by Gasteiger charge is 2.14. The zero-order valence-corrected chi connectivity index (χ0v) is 17.4. The number of esters is 1. The van der Waals surface area contributed by atoms with Gasteiger partial charge in [0.05, 0.1) is 17.1 Å². The van der Waals surface area contributed by atoms with Gasteiger partial charge >= 0.3 is 5.97 Å². The third kappa shape index (κ3) is 7.32. The summed E-state index contributed by atoms with van der Waals surface area (Å²) in [6, 6.07) is 12.8. The molecule has 0 unspecified atom stereocenters. The van der Waals surface area contributed by atoms with E-state index in [0.717, 1.165) is 18.4 Å². The zero-order valence-electron chi connectivity index (χ0n) is 16.6. The first kappa shape index (κ1) is 22.6. The number of benzene rings is 2. The van der Waals surface area contributed by atoms with Gasteiger partial charge in [-0.15, -0.1) is 0 Å². The summed E-state index contributed by atoms with van der Waals surface area (Å²) in [6.45, 7) is 4.24. The number of nitrogens with one attached hydrogen (secondary N) is 2. The number of ether oxygens (including phenoxy) is 1. The molecule has 0 saturated carbocycles. The Hall–Kier alpha value is -2.71. The highest BCUT2D eigenvalue weighted by atomic mass is 32.2. The quantitative estimate of drug-likeness (QED) is 0.455. The number of aryl methyl sites for hydroxylation is 1. The molecule has 7 nitrogen and oxygen atoms in total. The highest BCUT2D eigenvalue weighted by Crippen LogP contribution is 2.12. The van der Waals surface area contributed by atoms with Gasteiger partial charge in [-0.1, -0.05) is 31.0 Å². The number of sulfonamides is 1. The van der Waals surface area contributed by atoms with Crippen molar-refractivity contribution < 1.29 is 22.7 Å². The Kier molecular flexibility index (Phi) is 8.35. The van der Waals surface area contributed by atoms with Gasteiger partial charge in [0.2, 0.25) is 15.9 Å². The molecular weight excluding hydrogens is 392 g/mol. The van der Waals surface area contributed by atoms with E-state index in [0.29, 0.717) is 17.9 Å². The van der Waals surface area contributed by atoms with Crippen LogP contribution in [0.3, 0.4) is 0 Å². The number of hydrogen-bond donors (Lipinski definition) is 2. The van der Waals surface area contributed by atoms with Crippen LogP contribution in [0.15, 0.2) is 53.4 Å². The van der Waals surface area contributed by atoms with Gasteiger partial charge in [0, 0.05) is 18.7 Å². The van der Waals surface area contributed by atoms with E-state index in [2.05, 4.69) is 10.0 Å². The Balaban J connectivity index is 1.80. The van der Waals surface area contributed by atoms with Crippen molar-refractivity contribution in [2.75, 3.05) is 18.5 Å². The summed E-state index contributed by atoms with van der Waals surface area (Å²) in [6.07, 6.45) is 1.73. The first-order valence-corrected chi connectivity index (χ1v) is 10.9. The first-order chi connectivity index (χ1) is 13.8. The van der Waals surface area contributed by atoms with Crippen LogP contribution in [0, 0.1) is 6.92 Å². The van der Waals surface area contributed by atoms with Crippen LogP contribution in [0.5, 0.6) is 0 Å². The van der Waals surface area contributed by atoms with E-state index in [1.54, 1.807) is 36.4 Å². The van der Waals surface area contributed by atoms with Crippen LogP contribution in [-0.4, -0.2) is 33.4 Å². The molecule has 29 heavy (non-hydrogen) atoms. The van der Waals surface area contributed by atoms with E-state index in [4.69, 9.17) is 4.74 Å². The van der Waals surface area contributed by atoms with Gasteiger partial charge < -0.3 is 10.1 Å². The minimum Gasteiger partial charge on any atom is -0.462 e. The van der Waals surface area contributed by atoms with Crippen LogP contribution in [0.2, 0.25) is 0 Å². The first-order valence-electron chi connectivity index (χ1n) is 9.45. The van der Waals surface area contributed by atoms with Crippen LogP contribution in [0.4, 0.5) is 5.69 Å². The molecule has 0 aliphatic heterocycles. The van der Waals surface area contributed by atoms with Gasteiger partial charge in [-0.05, 0) is 49.7 Å². The number of carbonyl (C=O) groups is 2. The smallest absolute Gasteiger partial charge is 0.338 e. The van der Waals surface area contributed by atoms with Gasteiger partial charge in [-0.3, -0.25) is 4.79 Å². The maximum absolute atomic E-state index is 12.2. The Morgan fingerprint density at radius 1 is 1.00 bits per heavy atom. The fraction of sp³-hybridized carbons (Fsp3) is 0.333. The summed E-state index contributed by atoms with van der Waals surface area (Å²) in [4.78, 5) is 24.0. The second-order valence-electron chi connectivity index (χ2n) is 6.58. The normalized spacial score (nSPS) is 11.1. The highest BCUT2D eigenvalue weighted by molar-refractivity contribution is 7.89. The zero-order chi connectivity index (χ0) is 21.3. The minimum atomic E-state index is -3.65. The summed E-state index contributed by atoms with van der Waals surface area (Å²) < 4.78 is 31.9. The molecule has 0 fully saturated rings. The standard InChI is InChI=1S/C21H26N2O5S/c1-3-4-15-28-21(25)17-7-9-18(10-8-17)23-20(24)13-14-22-29(26,27)19-11-5-16(2)6-12-19/h5-12,22H,3-4,13-15H2,1-2H3,(H,23,24). The Labute approximate surface area is 171 Å².